The minimum absolute atomic E-state index is 0.0766. The molecular formula is C36H40O9S2. The van der Waals surface area contributed by atoms with E-state index in [1.807, 2.05) is 29.0 Å². The van der Waals surface area contributed by atoms with Crippen molar-refractivity contribution in [2.45, 2.75) is 61.4 Å². The first-order valence-electron chi connectivity index (χ1n) is 16.1. The quantitative estimate of drug-likeness (QED) is 0.142. The number of fused-ring (bicyclic) bond motifs is 6. The lowest BCUT2D eigenvalue weighted by Crippen LogP contribution is -2.37. The highest BCUT2D eigenvalue weighted by Gasteiger charge is 2.45. The standard InChI is InChI=1S/C36H40O9S2/c1-42-29-15-25(32(39)36(43-2)34(29)41)35-33(40)26-17-46-47-21-5-3-4-18(12-21)6-7-19-13-24-30(22-9-8-20(38)14-23(19)22)27(44-11-10-37)16-28(45-35)31(24)26/h3,5,8-9,14-16,18-19,21,26,33,35,37-41H,4,6-7,10-13,17H2,1-2H3. The Kier molecular flexibility index (Phi) is 9.08. The Balaban J connectivity index is 1.44. The number of allylic oxidation sites excluding steroid dienone is 1. The zero-order valence-electron chi connectivity index (χ0n) is 26.3. The molecule has 0 fully saturated rings. The summed E-state index contributed by atoms with van der Waals surface area (Å²) in [6, 6.07) is 8.81. The summed E-state index contributed by atoms with van der Waals surface area (Å²) in [4.78, 5) is 0. The maximum Gasteiger partial charge on any atom is 0.207 e. The van der Waals surface area contributed by atoms with Crippen LogP contribution < -0.4 is 18.9 Å². The van der Waals surface area contributed by atoms with Crippen molar-refractivity contribution in [1.29, 1.82) is 0 Å². The highest BCUT2D eigenvalue weighted by Crippen LogP contribution is 2.58. The summed E-state index contributed by atoms with van der Waals surface area (Å²) in [5.74, 6) is 1.41. The Labute approximate surface area is 281 Å². The van der Waals surface area contributed by atoms with Gasteiger partial charge in [0.05, 0.1) is 20.8 Å². The van der Waals surface area contributed by atoms with Gasteiger partial charge in [0.15, 0.2) is 17.6 Å². The van der Waals surface area contributed by atoms with Crippen molar-refractivity contribution in [2.75, 3.05) is 33.2 Å². The average molecular weight is 681 g/mol. The normalized spacial score (nSPS) is 26.1. The second kappa shape index (κ2) is 13.3. The number of phenols is 3. The molecule has 0 saturated carbocycles. The maximum absolute atomic E-state index is 12.2. The van der Waals surface area contributed by atoms with Gasteiger partial charge < -0.3 is 44.5 Å². The summed E-state index contributed by atoms with van der Waals surface area (Å²) in [5.41, 5.74) is 5.12. The molecule has 4 bridgehead atoms. The first-order valence-corrected chi connectivity index (χ1v) is 18.4. The van der Waals surface area contributed by atoms with E-state index in [1.54, 1.807) is 16.9 Å². The van der Waals surface area contributed by atoms with Gasteiger partial charge in [0.1, 0.15) is 30.0 Å². The van der Waals surface area contributed by atoms with Gasteiger partial charge >= 0.3 is 0 Å². The second-order valence-corrected chi connectivity index (χ2v) is 15.3. The molecule has 4 aliphatic rings. The van der Waals surface area contributed by atoms with Gasteiger partial charge in [0, 0.05) is 39.7 Å². The number of ether oxygens (including phenoxy) is 4. The summed E-state index contributed by atoms with van der Waals surface area (Å²) >= 11 is 0. The molecule has 2 aliphatic carbocycles. The third-order valence-corrected chi connectivity index (χ3v) is 12.8. The summed E-state index contributed by atoms with van der Waals surface area (Å²) < 4.78 is 23.6. The fourth-order valence-corrected chi connectivity index (χ4v) is 10.7. The van der Waals surface area contributed by atoms with E-state index in [2.05, 4.69) is 12.2 Å². The molecule has 2 heterocycles. The topological polar surface area (TPSA) is 138 Å². The van der Waals surface area contributed by atoms with E-state index in [4.69, 9.17) is 18.9 Å². The number of methoxy groups -OCH3 is 2. The van der Waals surface area contributed by atoms with Crippen molar-refractivity contribution in [3.63, 3.8) is 0 Å². The summed E-state index contributed by atoms with van der Waals surface area (Å²) in [7, 11) is 6.31. The Morgan fingerprint density at radius 3 is 2.62 bits per heavy atom. The van der Waals surface area contributed by atoms with Crippen LogP contribution in [0, 0.1) is 5.92 Å². The predicted molar refractivity (Wildman–Crippen MR) is 182 cm³/mol. The van der Waals surface area contributed by atoms with E-state index in [0.717, 1.165) is 53.5 Å². The van der Waals surface area contributed by atoms with Gasteiger partial charge in [-0.05, 0) is 78.8 Å². The molecule has 47 heavy (non-hydrogen) atoms. The second-order valence-electron chi connectivity index (χ2n) is 12.7. The van der Waals surface area contributed by atoms with E-state index in [0.29, 0.717) is 34.8 Å². The maximum atomic E-state index is 12.2. The van der Waals surface area contributed by atoms with Crippen molar-refractivity contribution in [3.05, 3.63) is 64.7 Å². The third-order valence-electron chi connectivity index (χ3n) is 9.99. The average Bonchev–Trinajstić information content (AvgIpc) is 3.08. The first kappa shape index (κ1) is 32.2. The number of rotatable bonds is 6. The van der Waals surface area contributed by atoms with E-state index < -0.39 is 18.1 Å². The zero-order valence-corrected chi connectivity index (χ0v) is 28.0. The van der Waals surface area contributed by atoms with Crippen LogP contribution >= 0.6 is 21.6 Å². The number of phenolic OH excluding ortho intramolecular Hbond substituents is 3. The van der Waals surface area contributed by atoms with Gasteiger partial charge in [-0.1, -0.05) is 39.8 Å². The molecule has 6 atom stereocenters. The van der Waals surface area contributed by atoms with Crippen LogP contribution in [0.1, 0.15) is 65.9 Å². The van der Waals surface area contributed by atoms with Crippen LogP contribution in [0.5, 0.6) is 40.2 Å². The SMILES string of the molecule is COc1cc(C2Oc3cc(OCCO)c4c5c3C(CSSC3C=CCC(CCC(C5)c5cc(O)ccc5-4)C3)C2O)c(O)c(OC)c1O. The van der Waals surface area contributed by atoms with Crippen LogP contribution in [0.25, 0.3) is 11.1 Å². The number of aliphatic hydroxyl groups is 2. The molecule has 0 amide bonds. The van der Waals surface area contributed by atoms with Gasteiger partial charge in [0.2, 0.25) is 11.5 Å². The van der Waals surface area contributed by atoms with Crippen LogP contribution in [0.15, 0.2) is 42.5 Å². The Morgan fingerprint density at radius 1 is 0.979 bits per heavy atom. The van der Waals surface area contributed by atoms with Gasteiger partial charge in [-0.3, -0.25) is 0 Å². The smallest absolute Gasteiger partial charge is 0.207 e. The van der Waals surface area contributed by atoms with Crippen molar-refractivity contribution in [3.8, 4) is 51.4 Å². The van der Waals surface area contributed by atoms with Crippen LogP contribution in [-0.2, 0) is 6.42 Å². The van der Waals surface area contributed by atoms with E-state index in [9.17, 15) is 25.5 Å². The number of hydrogen-bond acceptors (Lipinski definition) is 11. The number of aromatic hydroxyl groups is 3. The molecule has 3 aromatic carbocycles. The van der Waals surface area contributed by atoms with Gasteiger partial charge in [-0.25, -0.2) is 0 Å². The minimum Gasteiger partial charge on any atom is -0.508 e. The molecule has 3 aromatic rings. The van der Waals surface area contributed by atoms with Crippen molar-refractivity contribution in [2.24, 2.45) is 5.92 Å². The first-order chi connectivity index (χ1) is 22.8. The number of hydrogen-bond donors (Lipinski definition) is 5. The predicted octanol–water partition coefficient (Wildman–Crippen LogP) is 6.59. The molecule has 6 unspecified atom stereocenters. The van der Waals surface area contributed by atoms with E-state index in [1.165, 1.54) is 20.3 Å². The summed E-state index contributed by atoms with van der Waals surface area (Å²) in [6.45, 7) is -0.0968. The number of aliphatic hydroxyl groups excluding tert-OH is 2. The fraction of sp³-hybridized carbons (Fsp3) is 0.444. The summed E-state index contributed by atoms with van der Waals surface area (Å²) in [6.07, 6.45) is 7.36. The molecule has 7 rings (SSSR count). The molecule has 0 aromatic heterocycles. The monoisotopic (exact) mass is 680 g/mol. The number of benzene rings is 3. The molecule has 0 radical (unpaired) electrons. The largest absolute Gasteiger partial charge is 0.508 e. The van der Waals surface area contributed by atoms with Crippen LogP contribution in [0.4, 0.5) is 0 Å². The molecule has 0 saturated heterocycles. The molecule has 250 valence electrons. The lowest BCUT2D eigenvalue weighted by molar-refractivity contribution is 0.00293. The van der Waals surface area contributed by atoms with Crippen LogP contribution in [0.3, 0.4) is 0 Å². The molecule has 9 nitrogen and oxygen atoms in total. The van der Waals surface area contributed by atoms with Crippen molar-refractivity contribution < 1.29 is 44.5 Å². The highest BCUT2D eigenvalue weighted by atomic mass is 33.1. The van der Waals surface area contributed by atoms with Crippen LogP contribution in [0.2, 0.25) is 0 Å². The van der Waals surface area contributed by atoms with Gasteiger partial charge in [0.25, 0.3) is 0 Å². The fourth-order valence-electron chi connectivity index (χ4n) is 7.80. The van der Waals surface area contributed by atoms with Crippen molar-refractivity contribution in [1.82, 2.24) is 0 Å². The third kappa shape index (κ3) is 5.75. The minimum atomic E-state index is -1.08. The lowest BCUT2D eigenvalue weighted by atomic mass is 9.71. The highest BCUT2D eigenvalue weighted by molar-refractivity contribution is 8.77. The Hall–Kier alpha value is -3.38. The van der Waals surface area contributed by atoms with Crippen LogP contribution in [-0.4, -0.2) is 70.1 Å². The van der Waals surface area contributed by atoms with Gasteiger partial charge in [-0.2, -0.15) is 0 Å². The molecule has 2 aliphatic heterocycles. The molecule has 5 N–H and O–H groups in total. The van der Waals surface area contributed by atoms with Gasteiger partial charge in [-0.15, -0.1) is 0 Å². The Bertz CT molecular complexity index is 1690. The molecule has 0 spiro atoms. The lowest BCUT2D eigenvalue weighted by Gasteiger charge is -2.41. The van der Waals surface area contributed by atoms with E-state index >= 15 is 0 Å². The van der Waals surface area contributed by atoms with E-state index in [-0.39, 0.29) is 53.4 Å². The summed E-state index contributed by atoms with van der Waals surface area (Å²) in [5, 5.41) is 54.9. The molecule has 11 heteroatoms. The zero-order chi connectivity index (χ0) is 32.8. The molecular weight excluding hydrogens is 641 g/mol. The van der Waals surface area contributed by atoms with Crippen molar-refractivity contribution >= 4 is 21.6 Å². The Morgan fingerprint density at radius 2 is 1.83 bits per heavy atom.